The first-order valence-corrected chi connectivity index (χ1v) is 17.1. The van der Waals surface area contributed by atoms with E-state index in [4.69, 9.17) is 5.11 Å². The summed E-state index contributed by atoms with van der Waals surface area (Å²) in [5, 5.41) is 32.6. The Bertz CT molecular complexity index is 1470. The number of rotatable bonds is 5. The lowest BCUT2D eigenvalue weighted by Gasteiger charge is -2.33. The minimum Gasteiger partial charge on any atom is -0.872 e. The Balaban J connectivity index is 0.000000354. The van der Waals surface area contributed by atoms with Crippen LogP contribution in [0.1, 0.15) is 166 Å². The molecular weight excluding hydrogens is 580 g/mol. The highest BCUT2D eigenvalue weighted by Crippen LogP contribution is 2.38. The summed E-state index contributed by atoms with van der Waals surface area (Å²) in [5.41, 5.74) is 8.23. The van der Waals surface area contributed by atoms with Crippen molar-refractivity contribution in [3.05, 3.63) is 93.0 Å². The molecule has 3 aromatic carbocycles. The molecule has 0 aliphatic heterocycles. The van der Waals surface area contributed by atoms with Gasteiger partial charge in [-0.1, -0.05) is 146 Å². The van der Waals surface area contributed by atoms with Crippen LogP contribution in [0.25, 0.3) is 0 Å². The predicted octanol–water partition coefficient (Wildman–Crippen LogP) is 10.8. The molecule has 0 spiro atoms. The summed E-state index contributed by atoms with van der Waals surface area (Å²) >= 11 is 0. The maximum Gasteiger partial charge on any atom is 0.335 e. The van der Waals surface area contributed by atoms with Gasteiger partial charge in [0.25, 0.3) is 0 Å². The first kappa shape index (κ1) is 41.8. The Morgan fingerprint density at radius 3 is 1.43 bits per heavy atom. The molecule has 0 bridgehead atoms. The summed E-state index contributed by atoms with van der Waals surface area (Å²) < 4.78 is 0. The van der Waals surface area contributed by atoms with E-state index in [0.717, 1.165) is 11.1 Å². The van der Waals surface area contributed by atoms with Crippen LogP contribution in [0, 0.1) is 13.8 Å². The van der Waals surface area contributed by atoms with Crippen LogP contribution < -0.4 is 10.2 Å². The number of carbonyl (C=O) groups is 1. The van der Waals surface area contributed by atoms with E-state index in [1.807, 2.05) is 32.9 Å². The summed E-state index contributed by atoms with van der Waals surface area (Å²) in [6.07, 6.45) is 2.37. The lowest BCUT2D eigenvalue weighted by atomic mass is 9.75. The topological polar surface area (TPSA) is 83.4 Å². The first-order chi connectivity index (χ1) is 21.1. The standard InChI is InChI=1S/C17H28.C15H24O.C11H14O3/c1-8-16(4,5)14-11-10-13(3)15(12-14)17(6,7)9-2;1-10-8-11(14(2,3)4)13(16)12(9-10)15(5,6)7;1-11(2,3)8-6-7(10(13)14)4-5-9(8)12/h10-12H,8-9H2,1-7H3;8-9,16H,1-7H3;4-6,12H,1-3H3,(H,13,14)/p-2. The zero-order valence-corrected chi connectivity index (χ0v) is 32.7. The Morgan fingerprint density at radius 1 is 0.596 bits per heavy atom. The lowest BCUT2D eigenvalue weighted by molar-refractivity contribution is -0.272. The van der Waals surface area contributed by atoms with E-state index >= 15 is 0 Å². The van der Waals surface area contributed by atoms with Crippen LogP contribution in [0.5, 0.6) is 11.5 Å². The molecule has 47 heavy (non-hydrogen) atoms. The third-order valence-corrected chi connectivity index (χ3v) is 9.40. The van der Waals surface area contributed by atoms with Crippen LogP contribution in [-0.2, 0) is 27.1 Å². The van der Waals surface area contributed by atoms with Crippen LogP contribution >= 0.6 is 0 Å². The highest BCUT2D eigenvalue weighted by molar-refractivity contribution is 5.88. The molecule has 0 radical (unpaired) electrons. The van der Waals surface area contributed by atoms with Crippen molar-refractivity contribution in [2.75, 3.05) is 0 Å². The number of aromatic carboxylic acids is 1. The van der Waals surface area contributed by atoms with Gasteiger partial charge in [0, 0.05) is 0 Å². The third kappa shape index (κ3) is 11.4. The van der Waals surface area contributed by atoms with Gasteiger partial charge >= 0.3 is 5.97 Å². The van der Waals surface area contributed by atoms with Gasteiger partial charge in [0.05, 0.1) is 5.56 Å². The predicted molar refractivity (Wildman–Crippen MR) is 197 cm³/mol. The molecule has 0 aliphatic carbocycles. The molecule has 0 saturated carbocycles. The largest absolute Gasteiger partial charge is 0.872 e. The van der Waals surface area contributed by atoms with Gasteiger partial charge in [0.1, 0.15) is 0 Å². The van der Waals surface area contributed by atoms with Crippen molar-refractivity contribution in [1.82, 2.24) is 0 Å². The van der Waals surface area contributed by atoms with Gasteiger partial charge in [-0.15, -0.1) is 11.5 Å². The molecule has 262 valence electrons. The number of carboxylic acid groups (broad SMARTS) is 1. The quantitative estimate of drug-likeness (QED) is 0.299. The molecule has 0 heterocycles. The normalized spacial score (nSPS) is 12.4. The number of hydrogen-bond acceptors (Lipinski definition) is 3. The Kier molecular flexibility index (Phi) is 13.6. The highest BCUT2D eigenvalue weighted by Gasteiger charge is 2.25. The van der Waals surface area contributed by atoms with E-state index in [1.54, 1.807) is 0 Å². The zero-order valence-electron chi connectivity index (χ0n) is 32.7. The van der Waals surface area contributed by atoms with Gasteiger partial charge in [-0.2, -0.15) is 0 Å². The monoisotopic (exact) mass is 644 g/mol. The SMILES string of the molecule is CC(C)(C)c1cc(C(=O)O)ccc1[O-].CCC(C)(C)c1ccc(C)c(C(C)(C)CC)c1.Cc1cc(C(C)(C)C)c([O-])c(C(C)(C)C)c1. The van der Waals surface area contributed by atoms with E-state index in [0.29, 0.717) is 5.56 Å². The minimum atomic E-state index is -1.00. The number of carboxylic acids is 1. The second-order valence-electron chi connectivity index (χ2n) is 17.5. The Morgan fingerprint density at radius 2 is 1.04 bits per heavy atom. The zero-order chi connectivity index (χ0) is 36.9. The summed E-state index contributed by atoms with van der Waals surface area (Å²) in [5.74, 6) is -0.899. The van der Waals surface area contributed by atoms with Gasteiger partial charge in [0.2, 0.25) is 0 Å². The molecular formula is C43H64O4-2. The molecule has 3 rings (SSSR count). The lowest BCUT2D eigenvalue weighted by Crippen LogP contribution is -2.21. The van der Waals surface area contributed by atoms with Crippen molar-refractivity contribution < 1.29 is 20.1 Å². The Labute approximate surface area is 287 Å². The van der Waals surface area contributed by atoms with Crippen molar-refractivity contribution in [2.24, 2.45) is 0 Å². The maximum absolute atomic E-state index is 12.4. The van der Waals surface area contributed by atoms with Crippen molar-refractivity contribution in [1.29, 1.82) is 0 Å². The maximum atomic E-state index is 12.4. The molecule has 4 nitrogen and oxygen atoms in total. The van der Waals surface area contributed by atoms with E-state index in [-0.39, 0.29) is 44.1 Å². The van der Waals surface area contributed by atoms with Crippen molar-refractivity contribution in [2.45, 2.75) is 158 Å². The molecule has 0 aromatic heterocycles. The van der Waals surface area contributed by atoms with Gasteiger partial charge in [-0.05, 0) is 99.3 Å². The molecule has 0 unspecified atom stereocenters. The molecule has 0 aliphatic rings. The second-order valence-corrected chi connectivity index (χ2v) is 17.5. The van der Waals surface area contributed by atoms with Crippen molar-refractivity contribution in [3.8, 4) is 11.5 Å². The summed E-state index contributed by atoms with van der Waals surface area (Å²) in [6.45, 7) is 36.4. The number of hydrogen-bond donors (Lipinski definition) is 1. The molecule has 0 atom stereocenters. The second kappa shape index (κ2) is 15.3. The molecule has 0 amide bonds. The molecule has 3 aromatic rings. The van der Waals surface area contributed by atoms with E-state index in [2.05, 4.69) is 115 Å². The van der Waals surface area contributed by atoms with E-state index in [1.165, 1.54) is 53.3 Å². The average Bonchev–Trinajstić information content (AvgIpc) is 2.93. The minimum absolute atomic E-state index is 0.0803. The fourth-order valence-corrected chi connectivity index (χ4v) is 5.30. The van der Waals surface area contributed by atoms with Crippen LogP contribution in [0.3, 0.4) is 0 Å². The van der Waals surface area contributed by atoms with Gasteiger partial charge in [-0.3, -0.25) is 0 Å². The Hall–Kier alpha value is -3.27. The van der Waals surface area contributed by atoms with Crippen LogP contribution in [0.2, 0.25) is 0 Å². The van der Waals surface area contributed by atoms with Gasteiger partial charge < -0.3 is 15.3 Å². The number of benzene rings is 3. The molecule has 4 heteroatoms. The van der Waals surface area contributed by atoms with Crippen LogP contribution in [-0.4, -0.2) is 11.1 Å². The molecule has 0 saturated heterocycles. The smallest absolute Gasteiger partial charge is 0.335 e. The summed E-state index contributed by atoms with van der Waals surface area (Å²) in [4.78, 5) is 10.7. The van der Waals surface area contributed by atoms with Crippen LogP contribution in [0.15, 0.2) is 48.5 Å². The first-order valence-electron chi connectivity index (χ1n) is 17.1. The van der Waals surface area contributed by atoms with E-state index in [9.17, 15) is 15.0 Å². The fourth-order valence-electron chi connectivity index (χ4n) is 5.30. The summed E-state index contributed by atoms with van der Waals surface area (Å²) in [6, 6.07) is 15.2. The summed E-state index contributed by atoms with van der Waals surface area (Å²) in [7, 11) is 0. The highest BCUT2D eigenvalue weighted by atomic mass is 16.4. The average molecular weight is 645 g/mol. The van der Waals surface area contributed by atoms with E-state index < -0.39 is 5.97 Å². The molecule has 0 fully saturated rings. The fraction of sp³-hybridized carbons (Fsp3) is 0.558. The van der Waals surface area contributed by atoms with Crippen LogP contribution in [0.4, 0.5) is 0 Å². The number of aryl methyl sites for hydroxylation is 2. The van der Waals surface area contributed by atoms with Crippen molar-refractivity contribution in [3.63, 3.8) is 0 Å². The molecule has 1 N–H and O–H groups in total. The van der Waals surface area contributed by atoms with Crippen molar-refractivity contribution >= 4 is 5.97 Å². The van der Waals surface area contributed by atoms with Gasteiger partial charge in [-0.25, -0.2) is 4.79 Å². The van der Waals surface area contributed by atoms with Gasteiger partial charge in [0.15, 0.2) is 0 Å². The third-order valence-electron chi connectivity index (χ3n) is 9.40.